The van der Waals surface area contributed by atoms with E-state index in [1.54, 1.807) is 24.3 Å². The molecule has 0 aliphatic rings. The van der Waals surface area contributed by atoms with Gasteiger partial charge in [-0.05, 0) is 29.8 Å². The molecule has 0 heterocycles. The summed E-state index contributed by atoms with van der Waals surface area (Å²) >= 11 is 0. The molecule has 0 spiro atoms. The number of allylic oxidation sites excluding steroid dienone is 2. The van der Waals surface area contributed by atoms with Gasteiger partial charge in [0, 0.05) is 11.3 Å². The number of nitrogens with two attached hydrogens (primary N) is 3. The van der Waals surface area contributed by atoms with Crippen LogP contribution in [-0.4, -0.2) is 34.7 Å². The van der Waals surface area contributed by atoms with Gasteiger partial charge in [0.25, 0.3) is 0 Å². The van der Waals surface area contributed by atoms with Crippen molar-refractivity contribution in [3.63, 3.8) is 0 Å². The summed E-state index contributed by atoms with van der Waals surface area (Å²) < 4.78 is 0. The van der Waals surface area contributed by atoms with Gasteiger partial charge in [0.15, 0.2) is 0 Å². The fraction of sp³-hybridized carbons (Fsp3) is 0.0833. The number of hydrogen-bond acceptors (Lipinski definition) is 4. The van der Waals surface area contributed by atoms with Gasteiger partial charge in [0.2, 0.25) is 5.91 Å². The standard InChI is InChI=1S/C12H13B3N4O/c13-12(14,15)19-11(20)8-3-1-2-7(6-8)9(16)4-5-10(17)18/h1-6H,16-18H2,(H,19,20)/b9-4-. The highest BCUT2D eigenvalue weighted by atomic mass is 16.1. The van der Waals surface area contributed by atoms with Gasteiger partial charge in [-0.1, -0.05) is 17.4 Å². The average molecular weight is 262 g/mol. The van der Waals surface area contributed by atoms with Gasteiger partial charge in [-0.15, -0.1) is 0 Å². The van der Waals surface area contributed by atoms with E-state index in [2.05, 4.69) is 5.32 Å². The first-order valence-corrected chi connectivity index (χ1v) is 5.67. The van der Waals surface area contributed by atoms with Crippen molar-refractivity contribution >= 4 is 35.1 Å². The molecule has 0 saturated carbocycles. The van der Waals surface area contributed by atoms with Crippen LogP contribution in [0, 0.1) is 0 Å². The molecule has 1 amide bonds. The van der Waals surface area contributed by atoms with E-state index in [0.29, 0.717) is 16.8 Å². The first kappa shape index (κ1) is 15.8. The predicted molar refractivity (Wildman–Crippen MR) is 82.5 cm³/mol. The molecule has 8 heteroatoms. The largest absolute Gasteiger partial charge is 0.398 e. The van der Waals surface area contributed by atoms with Crippen LogP contribution >= 0.6 is 0 Å². The van der Waals surface area contributed by atoms with Crippen molar-refractivity contribution in [3.05, 3.63) is 53.4 Å². The van der Waals surface area contributed by atoms with Crippen LogP contribution in [0.4, 0.5) is 0 Å². The van der Waals surface area contributed by atoms with E-state index >= 15 is 0 Å². The van der Waals surface area contributed by atoms with Crippen molar-refractivity contribution in [2.45, 2.75) is 5.24 Å². The van der Waals surface area contributed by atoms with Crippen molar-refractivity contribution in [2.75, 3.05) is 0 Å². The molecule has 0 fully saturated rings. The molecule has 1 aromatic rings. The number of nitrogens with one attached hydrogen (secondary N) is 1. The summed E-state index contributed by atoms with van der Waals surface area (Å²) in [6.07, 6.45) is 2.98. The van der Waals surface area contributed by atoms with Crippen LogP contribution in [0.25, 0.3) is 5.70 Å². The second-order valence-electron chi connectivity index (χ2n) is 4.26. The van der Waals surface area contributed by atoms with Gasteiger partial charge in [-0.2, -0.15) is 0 Å². The smallest absolute Gasteiger partial charge is 0.249 e. The van der Waals surface area contributed by atoms with Crippen LogP contribution in [0.3, 0.4) is 0 Å². The molecule has 0 bridgehead atoms. The van der Waals surface area contributed by atoms with Crippen molar-refractivity contribution in [1.29, 1.82) is 0 Å². The SMILES string of the molecule is [B]C([B])([B])NC(=O)c1cccc(/C(N)=C/C=C(N)N)c1. The number of rotatable bonds is 4. The lowest BCUT2D eigenvalue weighted by molar-refractivity contribution is 0.0952. The zero-order chi connectivity index (χ0) is 15.3. The first-order chi connectivity index (χ1) is 9.19. The van der Waals surface area contributed by atoms with Crippen molar-refractivity contribution in [3.8, 4) is 0 Å². The molecule has 7 N–H and O–H groups in total. The summed E-state index contributed by atoms with van der Waals surface area (Å²) in [7, 11) is 15.9. The lowest BCUT2D eigenvalue weighted by Crippen LogP contribution is -2.50. The highest BCUT2D eigenvalue weighted by Gasteiger charge is 2.14. The average Bonchev–Trinajstić information content (AvgIpc) is 2.34. The summed E-state index contributed by atoms with van der Waals surface area (Å²) in [4.78, 5) is 11.8. The van der Waals surface area contributed by atoms with E-state index in [1.165, 1.54) is 12.2 Å². The molecule has 5 nitrogen and oxygen atoms in total. The Morgan fingerprint density at radius 1 is 1.10 bits per heavy atom. The number of carbonyl (C=O) groups excluding carboxylic acids is 1. The van der Waals surface area contributed by atoms with Gasteiger partial charge >= 0.3 is 0 Å². The maximum absolute atomic E-state index is 11.8. The van der Waals surface area contributed by atoms with Crippen LogP contribution in [0.2, 0.25) is 0 Å². The molecular weight excluding hydrogens is 249 g/mol. The van der Waals surface area contributed by atoms with Gasteiger partial charge in [0.05, 0.1) is 29.4 Å². The summed E-state index contributed by atoms with van der Waals surface area (Å²) in [5, 5.41) is 0.447. The van der Waals surface area contributed by atoms with Crippen LogP contribution in [-0.2, 0) is 0 Å². The number of carbonyl (C=O) groups is 1. The molecule has 1 aromatic carbocycles. The minimum Gasteiger partial charge on any atom is -0.398 e. The third-order valence-corrected chi connectivity index (χ3v) is 2.24. The maximum atomic E-state index is 11.8. The lowest BCUT2D eigenvalue weighted by atomic mass is 9.49. The molecule has 0 aliphatic heterocycles. The molecular formula is C12H13B3N4O. The lowest BCUT2D eigenvalue weighted by Gasteiger charge is -2.22. The van der Waals surface area contributed by atoms with Gasteiger partial charge in [0.1, 0.15) is 0 Å². The third kappa shape index (κ3) is 5.18. The van der Waals surface area contributed by atoms with Crippen molar-refractivity contribution in [2.24, 2.45) is 17.2 Å². The van der Waals surface area contributed by atoms with Crippen LogP contribution in [0.5, 0.6) is 0 Å². The van der Waals surface area contributed by atoms with E-state index in [9.17, 15) is 4.79 Å². The van der Waals surface area contributed by atoms with E-state index in [-0.39, 0.29) is 5.82 Å². The molecule has 1 rings (SSSR count). The first-order valence-electron chi connectivity index (χ1n) is 5.67. The minimum absolute atomic E-state index is 0.126. The van der Waals surface area contributed by atoms with Crippen LogP contribution < -0.4 is 22.5 Å². The molecule has 0 saturated heterocycles. The Morgan fingerprint density at radius 3 is 2.25 bits per heavy atom. The topological polar surface area (TPSA) is 107 Å². The fourth-order valence-electron chi connectivity index (χ4n) is 1.39. The highest BCUT2D eigenvalue weighted by molar-refractivity contribution is 6.60. The summed E-state index contributed by atoms with van der Waals surface area (Å²) in [5.41, 5.74) is 17.8. The Balaban J connectivity index is 2.99. The Morgan fingerprint density at radius 2 is 1.70 bits per heavy atom. The summed E-state index contributed by atoms with van der Waals surface area (Å²) in [6.45, 7) is 0. The quantitative estimate of drug-likeness (QED) is 0.395. The van der Waals surface area contributed by atoms with Gasteiger partial charge in [-0.25, -0.2) is 0 Å². The van der Waals surface area contributed by atoms with Crippen molar-refractivity contribution in [1.82, 2.24) is 5.32 Å². The summed E-state index contributed by atoms with van der Waals surface area (Å²) in [6, 6.07) is 6.52. The second kappa shape index (κ2) is 6.28. The zero-order valence-electron chi connectivity index (χ0n) is 10.8. The molecule has 6 radical (unpaired) electrons. The van der Waals surface area contributed by atoms with Crippen LogP contribution in [0.1, 0.15) is 15.9 Å². The molecule has 0 unspecified atom stereocenters. The van der Waals surface area contributed by atoms with E-state index in [4.69, 9.17) is 40.7 Å². The number of hydrogen-bond donors (Lipinski definition) is 4. The molecule has 0 aliphatic carbocycles. The number of amides is 1. The van der Waals surface area contributed by atoms with E-state index in [0.717, 1.165) is 0 Å². The second-order valence-corrected chi connectivity index (χ2v) is 4.26. The Kier molecular flexibility index (Phi) is 4.97. The summed E-state index contributed by atoms with van der Waals surface area (Å²) in [5.74, 6) is -0.387. The normalized spacial score (nSPS) is 11.7. The monoisotopic (exact) mass is 262 g/mol. The Labute approximate surface area is 121 Å². The molecule has 20 heavy (non-hydrogen) atoms. The van der Waals surface area contributed by atoms with E-state index in [1.807, 2.05) is 0 Å². The molecule has 0 aromatic heterocycles. The van der Waals surface area contributed by atoms with E-state index < -0.39 is 11.1 Å². The van der Waals surface area contributed by atoms with Crippen molar-refractivity contribution < 1.29 is 4.79 Å². The zero-order valence-corrected chi connectivity index (χ0v) is 10.8. The number of benzene rings is 1. The third-order valence-electron chi connectivity index (χ3n) is 2.24. The van der Waals surface area contributed by atoms with Crippen LogP contribution in [0.15, 0.2) is 42.2 Å². The van der Waals surface area contributed by atoms with Gasteiger partial charge in [-0.3, -0.25) is 4.79 Å². The fourth-order valence-corrected chi connectivity index (χ4v) is 1.39. The van der Waals surface area contributed by atoms with Gasteiger partial charge < -0.3 is 22.5 Å². The maximum Gasteiger partial charge on any atom is 0.249 e. The Hall–Kier alpha value is -2.24. The molecule has 96 valence electrons. The predicted octanol–water partition coefficient (Wildman–Crippen LogP) is -1.41. The highest BCUT2D eigenvalue weighted by Crippen LogP contribution is 2.12. The molecule has 0 atom stereocenters. The minimum atomic E-state index is -1.79. The Bertz CT molecular complexity index is 560.